The normalized spacial score (nSPS) is 18.1. The molecule has 0 bridgehead atoms. The van der Waals surface area contributed by atoms with Gasteiger partial charge in [0.15, 0.2) is 0 Å². The minimum Gasteiger partial charge on any atom is -0.497 e. The van der Waals surface area contributed by atoms with Gasteiger partial charge in [-0.25, -0.2) is 0 Å². The van der Waals surface area contributed by atoms with Crippen LogP contribution >= 0.6 is 0 Å². The Bertz CT molecular complexity index is 820. The highest BCUT2D eigenvalue weighted by molar-refractivity contribution is 5.50. The lowest BCUT2D eigenvalue weighted by Gasteiger charge is -2.41. The maximum absolute atomic E-state index is 9.58. The van der Waals surface area contributed by atoms with E-state index < -0.39 is 0 Å². The third-order valence-corrected chi connectivity index (χ3v) is 5.79. The minimum absolute atomic E-state index is 0.221. The molecule has 3 rings (SSSR count). The number of ether oxygens (including phenoxy) is 2. The smallest absolute Gasteiger partial charge is 0.121 e. The summed E-state index contributed by atoms with van der Waals surface area (Å²) in [5, 5.41) is 9.58. The van der Waals surface area contributed by atoms with E-state index in [1.165, 1.54) is 11.1 Å². The maximum atomic E-state index is 9.58. The van der Waals surface area contributed by atoms with Gasteiger partial charge in [0.2, 0.25) is 0 Å². The molecule has 1 aliphatic rings. The average Bonchev–Trinajstić information content (AvgIpc) is 2.76. The zero-order valence-electron chi connectivity index (χ0n) is 18.4. The van der Waals surface area contributed by atoms with Crippen molar-refractivity contribution >= 4 is 6.08 Å². The number of rotatable bonds is 9. The van der Waals surface area contributed by atoms with E-state index in [2.05, 4.69) is 53.1 Å². The standard InChI is InChI=1S/C25H34N2O3/c1-20-17-22(8-11-25(20)30-3)18-27-15-14-26(19-23(27)12-16-28)13-4-5-21-6-9-24(29-2)10-7-21/h4-11,17,23,28H,12-16,18-19H2,1-3H3/b5-4+/t23-/m0/s1. The molecule has 30 heavy (non-hydrogen) atoms. The van der Waals surface area contributed by atoms with Crippen molar-refractivity contribution in [2.75, 3.05) is 47.0 Å². The molecule has 0 aliphatic carbocycles. The molecule has 162 valence electrons. The van der Waals surface area contributed by atoms with Gasteiger partial charge < -0.3 is 14.6 Å². The summed E-state index contributed by atoms with van der Waals surface area (Å²) in [6, 6.07) is 14.9. The highest BCUT2D eigenvalue weighted by Crippen LogP contribution is 2.22. The van der Waals surface area contributed by atoms with Gasteiger partial charge in [0.05, 0.1) is 14.2 Å². The Morgan fingerprint density at radius 3 is 2.53 bits per heavy atom. The molecule has 5 heteroatoms. The first-order valence-electron chi connectivity index (χ1n) is 10.6. The molecular formula is C25H34N2O3. The summed E-state index contributed by atoms with van der Waals surface area (Å²) in [5.41, 5.74) is 3.64. The van der Waals surface area contributed by atoms with E-state index in [1.54, 1.807) is 14.2 Å². The van der Waals surface area contributed by atoms with Gasteiger partial charge in [-0.05, 0) is 48.2 Å². The predicted octanol–water partition coefficient (Wildman–Crippen LogP) is 3.59. The number of nitrogens with zero attached hydrogens (tertiary/aromatic N) is 2. The quantitative estimate of drug-likeness (QED) is 0.684. The van der Waals surface area contributed by atoms with Crippen molar-refractivity contribution in [2.24, 2.45) is 0 Å². The van der Waals surface area contributed by atoms with Gasteiger partial charge in [0, 0.05) is 45.4 Å². The molecule has 1 fully saturated rings. The lowest BCUT2D eigenvalue weighted by Crippen LogP contribution is -2.52. The molecule has 1 saturated heterocycles. The summed E-state index contributed by atoms with van der Waals surface area (Å²) in [7, 11) is 3.39. The van der Waals surface area contributed by atoms with Gasteiger partial charge in [-0.2, -0.15) is 0 Å². The Morgan fingerprint density at radius 2 is 1.87 bits per heavy atom. The largest absolute Gasteiger partial charge is 0.497 e. The fourth-order valence-electron chi connectivity index (χ4n) is 4.08. The molecule has 0 aromatic heterocycles. The van der Waals surface area contributed by atoms with E-state index >= 15 is 0 Å². The van der Waals surface area contributed by atoms with Crippen LogP contribution in [-0.2, 0) is 6.54 Å². The highest BCUT2D eigenvalue weighted by Gasteiger charge is 2.26. The first kappa shape index (κ1) is 22.3. The van der Waals surface area contributed by atoms with Crippen LogP contribution in [0.4, 0.5) is 0 Å². The second kappa shape index (κ2) is 11.2. The van der Waals surface area contributed by atoms with Crippen LogP contribution in [0.3, 0.4) is 0 Å². The van der Waals surface area contributed by atoms with Crippen LogP contribution < -0.4 is 9.47 Å². The fraction of sp³-hybridized carbons (Fsp3) is 0.440. The molecule has 0 amide bonds. The monoisotopic (exact) mass is 410 g/mol. The topological polar surface area (TPSA) is 45.2 Å². The van der Waals surface area contributed by atoms with Crippen LogP contribution in [0.2, 0.25) is 0 Å². The van der Waals surface area contributed by atoms with Crippen molar-refractivity contribution in [3.05, 3.63) is 65.2 Å². The summed E-state index contributed by atoms with van der Waals surface area (Å²) in [4.78, 5) is 4.97. The van der Waals surface area contributed by atoms with Crippen molar-refractivity contribution in [3.8, 4) is 11.5 Å². The number of methoxy groups -OCH3 is 2. The molecule has 1 N–H and O–H groups in total. The van der Waals surface area contributed by atoms with E-state index in [0.717, 1.165) is 56.2 Å². The Labute approximate surface area is 180 Å². The molecule has 2 aromatic carbocycles. The first-order valence-corrected chi connectivity index (χ1v) is 10.6. The molecule has 0 radical (unpaired) electrons. The predicted molar refractivity (Wildman–Crippen MR) is 122 cm³/mol. The van der Waals surface area contributed by atoms with Crippen LogP contribution in [0, 0.1) is 6.92 Å². The molecule has 2 aromatic rings. The molecule has 0 spiro atoms. The van der Waals surface area contributed by atoms with Crippen molar-refractivity contribution in [3.63, 3.8) is 0 Å². The third kappa shape index (κ3) is 6.08. The molecule has 5 nitrogen and oxygen atoms in total. The lowest BCUT2D eigenvalue weighted by atomic mass is 10.1. The van der Waals surface area contributed by atoms with E-state index in [1.807, 2.05) is 18.2 Å². The Hall–Kier alpha value is -2.34. The van der Waals surface area contributed by atoms with Gasteiger partial charge in [-0.3, -0.25) is 9.80 Å². The van der Waals surface area contributed by atoms with Gasteiger partial charge >= 0.3 is 0 Å². The third-order valence-electron chi connectivity index (χ3n) is 5.79. The van der Waals surface area contributed by atoms with E-state index in [4.69, 9.17) is 9.47 Å². The van der Waals surface area contributed by atoms with E-state index in [-0.39, 0.29) is 6.61 Å². The molecule has 1 atom stereocenters. The summed E-state index contributed by atoms with van der Waals surface area (Å²) < 4.78 is 10.6. The second-order valence-corrected chi connectivity index (χ2v) is 7.88. The number of piperazine rings is 1. The van der Waals surface area contributed by atoms with E-state index in [0.29, 0.717) is 6.04 Å². The summed E-state index contributed by atoms with van der Waals surface area (Å²) in [5.74, 6) is 1.81. The molecule has 1 heterocycles. The number of aliphatic hydroxyl groups is 1. The highest BCUT2D eigenvalue weighted by atomic mass is 16.5. The molecule has 0 unspecified atom stereocenters. The Kier molecular flexibility index (Phi) is 8.31. The summed E-state index contributed by atoms with van der Waals surface area (Å²) >= 11 is 0. The fourth-order valence-corrected chi connectivity index (χ4v) is 4.08. The Morgan fingerprint density at radius 1 is 1.07 bits per heavy atom. The molecule has 1 aliphatic heterocycles. The van der Waals surface area contributed by atoms with Crippen molar-refractivity contribution in [1.82, 2.24) is 9.80 Å². The number of hydrogen-bond donors (Lipinski definition) is 1. The number of hydrogen-bond acceptors (Lipinski definition) is 5. The number of aryl methyl sites for hydroxylation is 1. The summed E-state index contributed by atoms with van der Waals surface area (Å²) in [6.07, 6.45) is 5.18. The van der Waals surface area contributed by atoms with Crippen LogP contribution in [0.15, 0.2) is 48.5 Å². The van der Waals surface area contributed by atoms with Crippen molar-refractivity contribution in [2.45, 2.75) is 25.9 Å². The minimum atomic E-state index is 0.221. The SMILES string of the molecule is COc1ccc(/C=C/CN2CCN(Cc3ccc(OC)c(C)c3)[C@@H](CCO)C2)cc1. The molecule has 0 saturated carbocycles. The zero-order chi connectivity index (χ0) is 21.3. The van der Waals surface area contributed by atoms with Crippen molar-refractivity contribution < 1.29 is 14.6 Å². The maximum Gasteiger partial charge on any atom is 0.121 e. The molecular weight excluding hydrogens is 376 g/mol. The van der Waals surface area contributed by atoms with Crippen molar-refractivity contribution in [1.29, 1.82) is 0 Å². The van der Waals surface area contributed by atoms with Gasteiger partial charge in [-0.1, -0.05) is 36.4 Å². The van der Waals surface area contributed by atoms with Crippen LogP contribution in [-0.4, -0.2) is 68.0 Å². The van der Waals surface area contributed by atoms with Crippen LogP contribution in [0.5, 0.6) is 11.5 Å². The summed E-state index contributed by atoms with van der Waals surface area (Å²) in [6.45, 7) is 7.15. The van der Waals surface area contributed by atoms with Gasteiger partial charge in [0.25, 0.3) is 0 Å². The second-order valence-electron chi connectivity index (χ2n) is 7.88. The van der Waals surface area contributed by atoms with E-state index in [9.17, 15) is 5.11 Å². The van der Waals surface area contributed by atoms with Crippen LogP contribution in [0.1, 0.15) is 23.1 Å². The zero-order valence-corrected chi connectivity index (χ0v) is 18.4. The van der Waals surface area contributed by atoms with Gasteiger partial charge in [0.1, 0.15) is 11.5 Å². The van der Waals surface area contributed by atoms with Crippen LogP contribution in [0.25, 0.3) is 6.08 Å². The number of benzene rings is 2. The number of aliphatic hydroxyl groups excluding tert-OH is 1. The average molecular weight is 411 g/mol. The lowest BCUT2D eigenvalue weighted by molar-refractivity contribution is 0.0596. The Balaban J connectivity index is 1.56. The van der Waals surface area contributed by atoms with Gasteiger partial charge in [-0.15, -0.1) is 0 Å². The first-order chi connectivity index (χ1) is 14.6.